The molecule has 4 rings (SSSR count). The highest BCUT2D eigenvalue weighted by Gasteiger charge is 2.51. The Morgan fingerprint density at radius 2 is 1.90 bits per heavy atom. The summed E-state index contributed by atoms with van der Waals surface area (Å²) in [4.78, 5) is 28.6. The van der Waals surface area contributed by atoms with E-state index < -0.39 is 5.54 Å². The quantitative estimate of drug-likeness (QED) is 0.713. The zero-order chi connectivity index (χ0) is 21.3. The second-order valence-corrected chi connectivity index (χ2v) is 8.02. The summed E-state index contributed by atoms with van der Waals surface area (Å²) in [6.45, 7) is 2.96. The molecule has 7 heteroatoms. The van der Waals surface area contributed by atoms with Crippen molar-refractivity contribution in [2.45, 2.75) is 31.3 Å². The summed E-state index contributed by atoms with van der Waals surface area (Å²) < 4.78 is 11.0. The molecule has 2 aliphatic rings. The maximum Gasteiger partial charge on any atom is 0.329 e. The zero-order valence-corrected chi connectivity index (χ0v) is 17.6. The Labute approximate surface area is 176 Å². The van der Waals surface area contributed by atoms with Crippen LogP contribution in [0.4, 0.5) is 4.79 Å². The molecular weight excluding hydrogens is 382 g/mol. The molecule has 0 spiro atoms. The molecule has 2 aromatic carbocycles. The second kappa shape index (κ2) is 7.99. The molecule has 2 saturated heterocycles. The van der Waals surface area contributed by atoms with Crippen molar-refractivity contribution in [2.24, 2.45) is 0 Å². The summed E-state index contributed by atoms with van der Waals surface area (Å²) in [6.07, 6.45) is 1.97. The van der Waals surface area contributed by atoms with Gasteiger partial charge in [-0.15, -0.1) is 0 Å². The van der Waals surface area contributed by atoms with Crippen molar-refractivity contribution in [3.63, 3.8) is 0 Å². The van der Waals surface area contributed by atoms with Crippen LogP contribution in [0.3, 0.4) is 0 Å². The highest BCUT2D eigenvalue weighted by molar-refractivity contribution is 6.07. The lowest BCUT2D eigenvalue weighted by Gasteiger charge is -2.27. The predicted octanol–water partition coefficient (Wildman–Crippen LogP) is 1.85. The number of carbonyl (C=O) groups is 2. The molecule has 2 aliphatic heterocycles. The fraction of sp³-hybridized carbons (Fsp3) is 0.391. The van der Waals surface area contributed by atoms with Gasteiger partial charge in [0.2, 0.25) is 0 Å². The number of imide groups is 1. The Morgan fingerprint density at radius 3 is 2.60 bits per heavy atom. The van der Waals surface area contributed by atoms with Crippen LogP contribution in [0.25, 0.3) is 0 Å². The molecule has 2 aromatic rings. The van der Waals surface area contributed by atoms with Crippen molar-refractivity contribution >= 4 is 11.9 Å². The zero-order valence-electron chi connectivity index (χ0n) is 17.6. The van der Waals surface area contributed by atoms with Gasteiger partial charge in [-0.1, -0.05) is 30.3 Å². The van der Waals surface area contributed by atoms with Crippen LogP contribution in [0, 0.1) is 0 Å². The number of methoxy groups -OCH3 is 2. The van der Waals surface area contributed by atoms with E-state index in [0.29, 0.717) is 6.67 Å². The van der Waals surface area contributed by atoms with Crippen molar-refractivity contribution in [3.8, 4) is 11.5 Å². The second-order valence-electron chi connectivity index (χ2n) is 8.02. The number of nitrogens with zero attached hydrogens (tertiary/aromatic N) is 1. The van der Waals surface area contributed by atoms with Gasteiger partial charge >= 0.3 is 6.03 Å². The molecule has 7 nitrogen and oxygen atoms in total. The summed E-state index contributed by atoms with van der Waals surface area (Å²) in [5.74, 6) is 1.35. The smallest absolute Gasteiger partial charge is 0.329 e. The molecule has 2 fully saturated rings. The number of likely N-dealkylation sites (tertiary alicyclic amines) is 1. The minimum absolute atomic E-state index is 0.124. The summed E-state index contributed by atoms with van der Waals surface area (Å²) in [5.41, 5.74) is 0.788. The van der Waals surface area contributed by atoms with E-state index in [1.54, 1.807) is 21.1 Å². The first-order valence-corrected chi connectivity index (χ1v) is 10.2. The van der Waals surface area contributed by atoms with Gasteiger partial charge in [-0.25, -0.2) is 9.69 Å². The number of nitrogens with one attached hydrogen (secondary N) is 2. The van der Waals surface area contributed by atoms with Gasteiger partial charge in [0.05, 0.1) is 26.3 Å². The van der Waals surface area contributed by atoms with E-state index in [9.17, 15) is 9.59 Å². The van der Waals surface area contributed by atoms with Gasteiger partial charge in [-0.2, -0.15) is 0 Å². The third kappa shape index (κ3) is 3.39. The van der Waals surface area contributed by atoms with E-state index >= 15 is 0 Å². The van der Waals surface area contributed by atoms with Crippen molar-refractivity contribution in [3.05, 3.63) is 59.7 Å². The first-order chi connectivity index (χ1) is 14.5. The number of benzene rings is 2. The molecule has 0 saturated carbocycles. The van der Waals surface area contributed by atoms with E-state index in [-0.39, 0.29) is 18.0 Å². The average molecular weight is 410 g/mol. The Hall–Kier alpha value is -3.06. The van der Waals surface area contributed by atoms with Crippen LogP contribution in [0.1, 0.15) is 36.9 Å². The van der Waals surface area contributed by atoms with Crippen LogP contribution in [-0.4, -0.2) is 44.3 Å². The van der Waals surface area contributed by atoms with Crippen LogP contribution < -0.4 is 19.7 Å². The van der Waals surface area contributed by atoms with Gasteiger partial charge in [0.15, 0.2) is 6.67 Å². The maximum atomic E-state index is 13.3. The maximum absolute atomic E-state index is 13.3. The Bertz CT molecular complexity index is 949. The molecule has 158 valence electrons. The van der Waals surface area contributed by atoms with E-state index in [2.05, 4.69) is 5.32 Å². The van der Waals surface area contributed by atoms with Crippen molar-refractivity contribution < 1.29 is 24.0 Å². The molecule has 3 amide bonds. The van der Waals surface area contributed by atoms with Crippen molar-refractivity contribution in [1.29, 1.82) is 0 Å². The van der Waals surface area contributed by atoms with Gasteiger partial charge in [0.25, 0.3) is 5.91 Å². The monoisotopic (exact) mass is 410 g/mol. The Kier molecular flexibility index (Phi) is 5.39. The summed E-state index contributed by atoms with van der Waals surface area (Å²) >= 11 is 0. The summed E-state index contributed by atoms with van der Waals surface area (Å²) in [6, 6.07) is 14.9. The Balaban J connectivity index is 1.58. The van der Waals surface area contributed by atoms with Gasteiger partial charge in [0.1, 0.15) is 23.1 Å². The van der Waals surface area contributed by atoms with E-state index in [4.69, 9.17) is 9.47 Å². The third-order valence-electron chi connectivity index (χ3n) is 6.28. The van der Waals surface area contributed by atoms with Crippen molar-refractivity contribution in [1.82, 2.24) is 10.2 Å². The molecule has 3 atom stereocenters. The molecule has 0 aromatic heterocycles. The highest BCUT2D eigenvalue weighted by Crippen LogP contribution is 2.32. The van der Waals surface area contributed by atoms with Crippen LogP contribution in [-0.2, 0) is 10.3 Å². The molecule has 0 radical (unpaired) electrons. The lowest BCUT2D eigenvalue weighted by Crippen LogP contribution is -3.12. The lowest BCUT2D eigenvalue weighted by atomic mass is 9.92. The SMILES string of the molecule is COc1ccc(OC)c([C@H]2CCC[NH+]2CN2C(=O)N[C@@](C)(c3ccccc3)C2=O)c1. The van der Waals surface area contributed by atoms with Gasteiger partial charge < -0.3 is 19.7 Å². The normalized spacial score (nSPS) is 26.0. The topological polar surface area (TPSA) is 72.3 Å². The predicted molar refractivity (Wildman–Crippen MR) is 111 cm³/mol. The number of ether oxygens (including phenoxy) is 2. The van der Waals surface area contributed by atoms with E-state index in [0.717, 1.165) is 42.0 Å². The van der Waals surface area contributed by atoms with E-state index in [1.165, 1.54) is 9.80 Å². The number of quaternary nitrogens is 1. The number of urea groups is 1. The Morgan fingerprint density at radius 1 is 1.13 bits per heavy atom. The van der Waals surface area contributed by atoms with Gasteiger partial charge in [-0.05, 0) is 30.7 Å². The number of hydrogen-bond acceptors (Lipinski definition) is 4. The number of hydrogen-bond donors (Lipinski definition) is 2. The molecule has 0 bridgehead atoms. The van der Waals surface area contributed by atoms with E-state index in [1.807, 2.05) is 48.5 Å². The molecule has 2 heterocycles. The number of rotatable bonds is 6. The van der Waals surface area contributed by atoms with Crippen LogP contribution in [0.15, 0.2) is 48.5 Å². The minimum atomic E-state index is -1.04. The highest BCUT2D eigenvalue weighted by atomic mass is 16.5. The fourth-order valence-electron chi connectivity index (χ4n) is 4.60. The van der Waals surface area contributed by atoms with Gasteiger partial charge in [0, 0.05) is 12.8 Å². The molecular formula is C23H28N3O4+. The summed E-state index contributed by atoms with van der Waals surface area (Å²) in [5, 5.41) is 2.90. The minimum Gasteiger partial charge on any atom is -0.497 e. The van der Waals surface area contributed by atoms with Gasteiger partial charge in [-0.3, -0.25) is 4.79 Å². The van der Waals surface area contributed by atoms with Crippen LogP contribution >= 0.6 is 0 Å². The molecule has 30 heavy (non-hydrogen) atoms. The first kappa shape index (κ1) is 20.2. The van der Waals surface area contributed by atoms with Crippen LogP contribution in [0.5, 0.6) is 11.5 Å². The molecule has 0 aliphatic carbocycles. The van der Waals surface area contributed by atoms with Crippen LogP contribution in [0.2, 0.25) is 0 Å². The van der Waals surface area contributed by atoms with Crippen molar-refractivity contribution in [2.75, 3.05) is 27.4 Å². The number of carbonyl (C=O) groups excluding carboxylic acids is 2. The number of amides is 3. The summed E-state index contributed by atoms with van der Waals surface area (Å²) in [7, 11) is 3.30. The lowest BCUT2D eigenvalue weighted by molar-refractivity contribution is -0.925. The third-order valence-corrected chi connectivity index (χ3v) is 6.28. The molecule has 1 unspecified atom stereocenters. The fourth-order valence-corrected chi connectivity index (χ4v) is 4.60. The standard InChI is InChI=1S/C23H27N3O4/c1-23(16-8-5-4-6-9-16)21(27)26(22(28)24-23)15-25-13-7-10-19(25)18-14-17(29-2)11-12-20(18)30-3/h4-6,8-9,11-12,14,19H,7,10,13,15H2,1-3H3,(H,24,28)/p+1/t19-,23+/m1/s1. The first-order valence-electron chi connectivity index (χ1n) is 10.2. The molecule has 2 N–H and O–H groups in total. The largest absolute Gasteiger partial charge is 0.497 e. The average Bonchev–Trinajstić information content (AvgIpc) is 3.32.